The van der Waals surface area contributed by atoms with Gasteiger partial charge < -0.3 is 20.1 Å². The average Bonchev–Trinajstić information content (AvgIpc) is 2.13. The third-order valence-corrected chi connectivity index (χ3v) is 3.65. The number of ether oxygens (including phenoxy) is 1. The van der Waals surface area contributed by atoms with Crippen LogP contribution in [0.15, 0.2) is 0 Å². The van der Waals surface area contributed by atoms with Crippen molar-refractivity contribution < 1.29 is 20.1 Å². The van der Waals surface area contributed by atoms with Gasteiger partial charge in [-0.15, -0.1) is 11.8 Å². The summed E-state index contributed by atoms with van der Waals surface area (Å²) in [6.07, 6.45) is -3.06. The maximum absolute atomic E-state index is 9.56. The predicted octanol–water partition coefficient (Wildman–Crippen LogP) is -0.185. The molecule has 1 fully saturated rings. The van der Waals surface area contributed by atoms with Crippen LogP contribution in [0, 0.1) is 5.92 Å². The Morgan fingerprint density at radius 3 is 2.50 bits per heavy atom. The van der Waals surface area contributed by atoms with E-state index in [4.69, 9.17) is 4.74 Å². The Morgan fingerprint density at radius 1 is 1.29 bits per heavy atom. The SMILES string of the molecule is CC(C)CS[C@@H]1OC[C@@H](O)[C@H](O)[C@H]1O. The molecule has 5 heteroatoms. The molecule has 1 rings (SSSR count). The summed E-state index contributed by atoms with van der Waals surface area (Å²) in [6, 6.07) is 0. The van der Waals surface area contributed by atoms with E-state index in [2.05, 4.69) is 13.8 Å². The fourth-order valence-electron chi connectivity index (χ4n) is 1.21. The maximum atomic E-state index is 9.56. The van der Waals surface area contributed by atoms with Gasteiger partial charge in [-0.1, -0.05) is 13.8 Å². The molecule has 1 heterocycles. The molecule has 0 aromatic rings. The summed E-state index contributed by atoms with van der Waals surface area (Å²) in [7, 11) is 0. The first-order chi connectivity index (χ1) is 6.52. The van der Waals surface area contributed by atoms with Gasteiger partial charge in [-0.3, -0.25) is 0 Å². The zero-order valence-corrected chi connectivity index (χ0v) is 9.28. The van der Waals surface area contributed by atoms with Crippen LogP contribution in [0.1, 0.15) is 13.8 Å². The molecule has 0 bridgehead atoms. The molecule has 3 N–H and O–H groups in total. The van der Waals surface area contributed by atoms with E-state index in [0.717, 1.165) is 5.75 Å². The Balaban J connectivity index is 2.39. The molecule has 14 heavy (non-hydrogen) atoms. The first-order valence-electron chi connectivity index (χ1n) is 4.79. The van der Waals surface area contributed by atoms with E-state index in [0.29, 0.717) is 5.92 Å². The Morgan fingerprint density at radius 2 is 1.93 bits per heavy atom. The van der Waals surface area contributed by atoms with Crippen LogP contribution < -0.4 is 0 Å². The molecular formula is C9H18O4S. The molecular weight excluding hydrogens is 204 g/mol. The number of aliphatic hydroxyl groups excluding tert-OH is 3. The second-order valence-electron chi connectivity index (χ2n) is 3.98. The topological polar surface area (TPSA) is 69.9 Å². The molecule has 4 atom stereocenters. The highest BCUT2D eigenvalue weighted by molar-refractivity contribution is 7.99. The van der Waals surface area contributed by atoms with Gasteiger partial charge in [0.05, 0.1) is 6.61 Å². The molecule has 0 amide bonds. The van der Waals surface area contributed by atoms with Crippen molar-refractivity contribution in [2.75, 3.05) is 12.4 Å². The lowest BCUT2D eigenvalue weighted by atomic mass is 10.1. The lowest BCUT2D eigenvalue weighted by Gasteiger charge is -2.35. The second-order valence-corrected chi connectivity index (χ2v) is 5.11. The van der Waals surface area contributed by atoms with Crippen LogP contribution in [0.2, 0.25) is 0 Å². The van der Waals surface area contributed by atoms with Gasteiger partial charge in [0.2, 0.25) is 0 Å². The van der Waals surface area contributed by atoms with E-state index in [9.17, 15) is 15.3 Å². The number of rotatable bonds is 3. The molecule has 0 aliphatic carbocycles. The summed E-state index contributed by atoms with van der Waals surface area (Å²) >= 11 is 1.48. The molecule has 0 spiro atoms. The zero-order valence-electron chi connectivity index (χ0n) is 8.46. The lowest BCUT2D eigenvalue weighted by molar-refractivity contribution is -0.161. The molecule has 4 nitrogen and oxygen atoms in total. The first kappa shape index (κ1) is 12.3. The second kappa shape index (κ2) is 5.32. The molecule has 0 radical (unpaired) electrons. The minimum absolute atomic E-state index is 0.0913. The molecule has 1 aliphatic heterocycles. The molecule has 84 valence electrons. The normalized spacial score (nSPS) is 39.0. The van der Waals surface area contributed by atoms with Crippen molar-refractivity contribution in [1.29, 1.82) is 0 Å². The summed E-state index contributed by atoms with van der Waals surface area (Å²) in [5.41, 5.74) is -0.421. The van der Waals surface area contributed by atoms with Gasteiger partial charge in [0.1, 0.15) is 23.7 Å². The molecule has 1 saturated heterocycles. The van der Waals surface area contributed by atoms with Gasteiger partial charge in [-0.2, -0.15) is 0 Å². The Labute approximate surface area is 88.3 Å². The van der Waals surface area contributed by atoms with E-state index in [-0.39, 0.29) is 6.61 Å². The smallest absolute Gasteiger partial charge is 0.131 e. The largest absolute Gasteiger partial charge is 0.388 e. The van der Waals surface area contributed by atoms with Crippen LogP contribution in [0.25, 0.3) is 0 Å². The third kappa shape index (κ3) is 3.10. The molecule has 0 saturated carbocycles. The third-order valence-electron chi connectivity index (χ3n) is 2.05. The van der Waals surface area contributed by atoms with Gasteiger partial charge in [-0.05, 0) is 11.7 Å². The predicted molar refractivity (Wildman–Crippen MR) is 55.1 cm³/mol. The summed E-state index contributed by atoms with van der Waals surface area (Å²) in [5.74, 6) is 1.38. The molecule has 0 aromatic carbocycles. The minimum atomic E-state index is -1.09. The highest BCUT2D eigenvalue weighted by Gasteiger charge is 2.37. The minimum Gasteiger partial charge on any atom is -0.388 e. The Hall–Kier alpha value is 0.190. The number of hydrogen-bond acceptors (Lipinski definition) is 5. The Bertz CT molecular complexity index is 176. The van der Waals surface area contributed by atoms with Gasteiger partial charge in [0.15, 0.2) is 0 Å². The quantitative estimate of drug-likeness (QED) is 0.618. The van der Waals surface area contributed by atoms with Crippen LogP contribution in [-0.2, 0) is 4.74 Å². The highest BCUT2D eigenvalue weighted by Crippen LogP contribution is 2.26. The fourth-order valence-corrected chi connectivity index (χ4v) is 2.32. The van der Waals surface area contributed by atoms with Gasteiger partial charge in [-0.25, -0.2) is 0 Å². The van der Waals surface area contributed by atoms with E-state index in [1.54, 1.807) is 0 Å². The summed E-state index contributed by atoms with van der Waals surface area (Å²) in [5, 5.41) is 28.2. The summed E-state index contributed by atoms with van der Waals surface area (Å²) in [6.45, 7) is 4.24. The lowest BCUT2D eigenvalue weighted by Crippen LogP contribution is -2.51. The van der Waals surface area contributed by atoms with Crippen molar-refractivity contribution >= 4 is 11.8 Å². The van der Waals surface area contributed by atoms with Crippen LogP contribution >= 0.6 is 11.8 Å². The standard InChI is InChI=1S/C9H18O4S/c1-5(2)4-14-9-8(12)7(11)6(10)3-13-9/h5-12H,3-4H2,1-2H3/t6-,7+,8-,9+/m1/s1. The molecule has 0 unspecified atom stereocenters. The van der Waals surface area contributed by atoms with Crippen LogP contribution in [0.5, 0.6) is 0 Å². The van der Waals surface area contributed by atoms with Gasteiger partial charge in [0.25, 0.3) is 0 Å². The monoisotopic (exact) mass is 222 g/mol. The Kier molecular flexibility index (Phi) is 4.66. The van der Waals surface area contributed by atoms with Crippen LogP contribution in [0.4, 0.5) is 0 Å². The highest BCUT2D eigenvalue weighted by atomic mass is 32.2. The van der Waals surface area contributed by atoms with E-state index in [1.807, 2.05) is 0 Å². The zero-order chi connectivity index (χ0) is 10.7. The van der Waals surface area contributed by atoms with E-state index in [1.165, 1.54) is 11.8 Å². The van der Waals surface area contributed by atoms with Crippen molar-refractivity contribution in [1.82, 2.24) is 0 Å². The van der Waals surface area contributed by atoms with Crippen molar-refractivity contribution in [3.63, 3.8) is 0 Å². The van der Waals surface area contributed by atoms with Crippen LogP contribution in [-0.4, -0.2) is 51.4 Å². The van der Waals surface area contributed by atoms with Crippen molar-refractivity contribution in [3.05, 3.63) is 0 Å². The maximum Gasteiger partial charge on any atom is 0.131 e. The van der Waals surface area contributed by atoms with Crippen molar-refractivity contribution in [3.8, 4) is 0 Å². The fraction of sp³-hybridized carbons (Fsp3) is 1.00. The number of aliphatic hydroxyl groups is 3. The van der Waals surface area contributed by atoms with Crippen molar-refractivity contribution in [2.24, 2.45) is 5.92 Å². The molecule has 0 aromatic heterocycles. The number of hydrogen-bond donors (Lipinski definition) is 3. The first-order valence-corrected chi connectivity index (χ1v) is 5.84. The van der Waals surface area contributed by atoms with Crippen molar-refractivity contribution in [2.45, 2.75) is 37.6 Å². The van der Waals surface area contributed by atoms with Gasteiger partial charge >= 0.3 is 0 Å². The van der Waals surface area contributed by atoms with E-state index < -0.39 is 23.7 Å². The van der Waals surface area contributed by atoms with Gasteiger partial charge in [0, 0.05) is 0 Å². The number of thioether (sulfide) groups is 1. The van der Waals surface area contributed by atoms with E-state index >= 15 is 0 Å². The summed E-state index contributed by atoms with van der Waals surface area (Å²) < 4.78 is 5.23. The molecule has 1 aliphatic rings. The summed E-state index contributed by atoms with van der Waals surface area (Å²) in [4.78, 5) is 0. The van der Waals surface area contributed by atoms with Crippen LogP contribution in [0.3, 0.4) is 0 Å². The average molecular weight is 222 g/mol.